The summed E-state index contributed by atoms with van der Waals surface area (Å²) < 4.78 is 104. The van der Waals surface area contributed by atoms with E-state index in [-0.39, 0.29) is 19.8 Å². The fourth-order valence-corrected chi connectivity index (χ4v) is 5.26. The monoisotopic (exact) mass is 872 g/mol. The summed E-state index contributed by atoms with van der Waals surface area (Å²) in [7, 11) is -4.43. The standard InChI is InChI=1S/C41H76O17S/c1-2-3-4-5-6-7-8-9-40-10-12-41(13-11-40)57-38-36-55-34-32-53-30-28-51-26-24-49-22-20-47-18-16-45-14-15-46-17-19-48-21-23-50-25-27-52-29-31-54-33-35-56-37-39-58-59(42,43)44/h10-13H,2-9,14-39H2,1H3,(H,42,43,44). The zero-order chi connectivity index (χ0) is 42.4. The lowest BCUT2D eigenvalue weighted by molar-refractivity contribution is -0.0287. The first-order chi connectivity index (χ1) is 29.0. The van der Waals surface area contributed by atoms with Gasteiger partial charge in [-0.15, -0.1) is 0 Å². The molecule has 1 rings (SSSR count). The third kappa shape index (κ3) is 44.3. The van der Waals surface area contributed by atoms with Crippen molar-refractivity contribution in [3.8, 4) is 5.75 Å². The van der Waals surface area contributed by atoms with Crippen molar-refractivity contribution in [3.63, 3.8) is 0 Å². The van der Waals surface area contributed by atoms with Gasteiger partial charge in [0.15, 0.2) is 0 Å². The number of ether oxygens (including phenoxy) is 13. The second kappa shape index (κ2) is 44.5. The molecule has 17 nitrogen and oxygen atoms in total. The minimum absolute atomic E-state index is 0.0286. The van der Waals surface area contributed by atoms with E-state index < -0.39 is 10.4 Å². The molecule has 0 aliphatic heterocycles. The van der Waals surface area contributed by atoms with Gasteiger partial charge in [-0.25, -0.2) is 4.18 Å². The van der Waals surface area contributed by atoms with Crippen molar-refractivity contribution in [1.82, 2.24) is 0 Å². The highest BCUT2D eigenvalue weighted by Crippen LogP contribution is 2.15. The summed E-state index contributed by atoms with van der Waals surface area (Å²) in [5, 5.41) is 0. The summed E-state index contributed by atoms with van der Waals surface area (Å²) in [6, 6.07) is 8.43. The summed E-state index contributed by atoms with van der Waals surface area (Å²) in [5.74, 6) is 0.878. The van der Waals surface area contributed by atoms with E-state index in [9.17, 15) is 8.42 Å². The average Bonchev–Trinajstić information content (AvgIpc) is 3.22. The Hall–Kier alpha value is -1.59. The zero-order valence-corrected chi connectivity index (χ0v) is 36.6. The van der Waals surface area contributed by atoms with Crippen molar-refractivity contribution in [2.75, 3.05) is 172 Å². The molecule has 1 aromatic rings. The third-order valence-corrected chi connectivity index (χ3v) is 8.51. The van der Waals surface area contributed by atoms with Crippen LogP contribution in [0.1, 0.15) is 57.4 Å². The normalized spacial score (nSPS) is 11.8. The number of aryl methyl sites for hydroxylation is 1. The maximum atomic E-state index is 10.4. The molecule has 0 saturated heterocycles. The van der Waals surface area contributed by atoms with Crippen molar-refractivity contribution in [3.05, 3.63) is 29.8 Å². The molecular weight excluding hydrogens is 797 g/mol. The van der Waals surface area contributed by atoms with Gasteiger partial charge >= 0.3 is 10.4 Å². The predicted octanol–water partition coefficient (Wildman–Crippen LogP) is 4.38. The van der Waals surface area contributed by atoms with Gasteiger partial charge in [0.1, 0.15) is 12.4 Å². The zero-order valence-electron chi connectivity index (χ0n) is 35.7. The highest BCUT2D eigenvalue weighted by Gasteiger charge is 2.03. The second-order valence-corrected chi connectivity index (χ2v) is 14.1. The summed E-state index contributed by atoms with van der Waals surface area (Å²) >= 11 is 0. The van der Waals surface area contributed by atoms with E-state index in [2.05, 4.69) is 23.2 Å². The van der Waals surface area contributed by atoms with Crippen LogP contribution in [0.5, 0.6) is 5.75 Å². The topological polar surface area (TPSA) is 184 Å². The Balaban J connectivity index is 1.66. The minimum Gasteiger partial charge on any atom is -0.491 e. The van der Waals surface area contributed by atoms with Crippen LogP contribution in [-0.4, -0.2) is 185 Å². The Morgan fingerprint density at radius 1 is 0.373 bits per heavy atom. The molecule has 0 radical (unpaired) electrons. The maximum absolute atomic E-state index is 10.4. The van der Waals surface area contributed by atoms with Crippen molar-refractivity contribution in [2.24, 2.45) is 0 Å². The molecule has 0 fully saturated rings. The van der Waals surface area contributed by atoms with Gasteiger partial charge in [0.2, 0.25) is 0 Å². The SMILES string of the molecule is CCCCCCCCCc1ccc(OCCOCCOCCOCCOCCOCCOCCOCCOCCOCCOCCOCCOCCOS(=O)(=O)O)cc1. The van der Waals surface area contributed by atoms with E-state index >= 15 is 0 Å². The van der Waals surface area contributed by atoms with Gasteiger partial charge in [0.25, 0.3) is 0 Å². The van der Waals surface area contributed by atoms with E-state index in [0.29, 0.717) is 152 Å². The molecule has 0 aliphatic carbocycles. The third-order valence-electron chi connectivity index (χ3n) is 8.04. The Bertz CT molecular complexity index is 1080. The van der Waals surface area contributed by atoms with Crippen molar-refractivity contribution >= 4 is 10.4 Å². The summed E-state index contributed by atoms with van der Waals surface area (Å²) in [6.07, 6.45) is 10.5. The number of hydrogen-bond acceptors (Lipinski definition) is 16. The molecule has 0 amide bonds. The first kappa shape index (κ1) is 55.4. The molecule has 0 heterocycles. The van der Waals surface area contributed by atoms with Gasteiger partial charge in [0, 0.05) is 0 Å². The molecule has 1 aromatic carbocycles. The Morgan fingerprint density at radius 3 is 0.949 bits per heavy atom. The number of rotatable bonds is 49. The van der Waals surface area contributed by atoms with Crippen LogP contribution in [0.25, 0.3) is 0 Å². The molecular formula is C41H76O17S. The fraction of sp³-hybridized carbons (Fsp3) is 0.854. The molecule has 1 N–H and O–H groups in total. The van der Waals surface area contributed by atoms with Crippen LogP contribution in [0.15, 0.2) is 24.3 Å². The van der Waals surface area contributed by atoms with Gasteiger partial charge < -0.3 is 61.6 Å². The summed E-state index contributed by atoms with van der Waals surface area (Å²) in [4.78, 5) is 0. The Kier molecular flexibility index (Phi) is 41.8. The first-order valence-electron chi connectivity index (χ1n) is 21.3. The highest BCUT2D eigenvalue weighted by atomic mass is 32.3. The smallest absolute Gasteiger partial charge is 0.397 e. The molecule has 0 atom stereocenters. The molecule has 0 aliphatic rings. The number of unbranched alkanes of at least 4 members (excludes halogenated alkanes) is 6. The van der Waals surface area contributed by atoms with E-state index in [4.69, 9.17) is 66.1 Å². The molecule has 59 heavy (non-hydrogen) atoms. The molecule has 0 spiro atoms. The van der Waals surface area contributed by atoms with E-state index in [1.807, 2.05) is 12.1 Å². The molecule has 0 bridgehead atoms. The lowest BCUT2D eigenvalue weighted by Gasteiger charge is -2.09. The first-order valence-corrected chi connectivity index (χ1v) is 22.6. The van der Waals surface area contributed by atoms with Gasteiger partial charge in [-0.1, -0.05) is 57.6 Å². The van der Waals surface area contributed by atoms with Crippen LogP contribution in [0.2, 0.25) is 0 Å². The van der Waals surface area contributed by atoms with Crippen molar-refractivity contribution < 1.29 is 78.7 Å². The lowest BCUT2D eigenvalue weighted by atomic mass is 10.0. The lowest BCUT2D eigenvalue weighted by Crippen LogP contribution is -2.16. The summed E-state index contributed by atoms with van der Waals surface area (Å²) in [5.41, 5.74) is 1.37. The van der Waals surface area contributed by atoms with Crippen LogP contribution in [-0.2, 0) is 77.8 Å². The Labute approximate surface area is 354 Å². The fourth-order valence-electron chi connectivity index (χ4n) is 4.98. The molecule has 18 heteroatoms. The highest BCUT2D eigenvalue weighted by molar-refractivity contribution is 7.80. The van der Waals surface area contributed by atoms with E-state index in [1.54, 1.807) is 0 Å². The van der Waals surface area contributed by atoms with Crippen LogP contribution < -0.4 is 4.74 Å². The number of hydrogen-bond donors (Lipinski definition) is 1. The molecule has 348 valence electrons. The van der Waals surface area contributed by atoms with Crippen LogP contribution in [0, 0.1) is 0 Å². The van der Waals surface area contributed by atoms with Gasteiger partial charge in [-0.3, -0.25) is 4.55 Å². The predicted molar refractivity (Wildman–Crippen MR) is 221 cm³/mol. The van der Waals surface area contributed by atoms with Crippen LogP contribution in [0.3, 0.4) is 0 Å². The van der Waals surface area contributed by atoms with Crippen molar-refractivity contribution in [2.45, 2.75) is 58.3 Å². The molecule has 0 unspecified atom stereocenters. The minimum atomic E-state index is -4.43. The Morgan fingerprint density at radius 2 is 0.644 bits per heavy atom. The van der Waals surface area contributed by atoms with E-state index in [1.165, 1.54) is 50.5 Å². The van der Waals surface area contributed by atoms with Gasteiger partial charge in [0.05, 0.1) is 165 Å². The van der Waals surface area contributed by atoms with Gasteiger partial charge in [-0.2, -0.15) is 8.42 Å². The van der Waals surface area contributed by atoms with Crippen molar-refractivity contribution in [1.29, 1.82) is 0 Å². The van der Waals surface area contributed by atoms with Gasteiger partial charge in [-0.05, 0) is 30.5 Å². The van der Waals surface area contributed by atoms with E-state index in [0.717, 1.165) is 12.2 Å². The second-order valence-electron chi connectivity index (χ2n) is 13.0. The average molecular weight is 873 g/mol. The van der Waals surface area contributed by atoms with Crippen LogP contribution in [0.4, 0.5) is 0 Å². The summed E-state index contributed by atoms with van der Waals surface area (Å²) in [6.45, 7) is 13.2. The number of benzene rings is 1. The largest absolute Gasteiger partial charge is 0.491 e. The van der Waals surface area contributed by atoms with Crippen LogP contribution >= 0.6 is 0 Å². The quantitative estimate of drug-likeness (QED) is 0.0719. The maximum Gasteiger partial charge on any atom is 0.397 e. The molecule has 0 aromatic heterocycles. The molecule has 0 saturated carbocycles.